The zero-order chi connectivity index (χ0) is 61.4. The molecular formula is C74H117N7O. The van der Waals surface area contributed by atoms with E-state index in [-0.39, 0.29) is 22.3 Å². The molecule has 2 saturated heterocycles. The number of benzene rings is 3. The van der Waals surface area contributed by atoms with Crippen LogP contribution in [0.4, 0.5) is 4.79 Å². The molecule has 1 saturated carbocycles. The van der Waals surface area contributed by atoms with E-state index in [1.165, 1.54) is 91.2 Å². The number of H-pyrrole nitrogens is 1. The van der Waals surface area contributed by atoms with Gasteiger partial charge in [0.1, 0.15) is 5.82 Å². The van der Waals surface area contributed by atoms with Crippen LogP contribution in [0.5, 0.6) is 0 Å². The summed E-state index contributed by atoms with van der Waals surface area (Å²) in [5.74, 6) is 2.95. The van der Waals surface area contributed by atoms with Crippen molar-refractivity contribution in [1.29, 1.82) is 0 Å². The molecule has 6 aromatic rings. The lowest BCUT2D eigenvalue weighted by atomic mass is 9.83. The maximum atomic E-state index is 11.1. The molecule has 0 atom stereocenters. The highest BCUT2D eigenvalue weighted by atomic mass is 16.2. The number of hydrogen-bond donors (Lipinski definition) is 2. The summed E-state index contributed by atoms with van der Waals surface area (Å²) in [5, 5.41) is 4.14. The second-order valence-electron chi connectivity index (χ2n) is 31.0. The summed E-state index contributed by atoms with van der Waals surface area (Å²) < 4.78 is 0. The van der Waals surface area contributed by atoms with Gasteiger partial charge in [-0.3, -0.25) is 9.88 Å². The molecular weight excluding hydrogens is 1000 g/mol. The van der Waals surface area contributed by atoms with Gasteiger partial charge in [-0.15, -0.1) is 0 Å². The first-order chi connectivity index (χ1) is 38.0. The van der Waals surface area contributed by atoms with Crippen LogP contribution in [-0.2, 0) is 28.2 Å². The van der Waals surface area contributed by atoms with Crippen LogP contribution in [0.2, 0.25) is 0 Å². The molecule has 3 fully saturated rings. The van der Waals surface area contributed by atoms with Crippen molar-refractivity contribution in [2.24, 2.45) is 28.1 Å². The zero-order valence-corrected chi connectivity index (χ0v) is 55.9. The van der Waals surface area contributed by atoms with Crippen LogP contribution >= 0.6 is 0 Å². The fourth-order valence-corrected chi connectivity index (χ4v) is 9.51. The summed E-state index contributed by atoms with van der Waals surface area (Å²) in [6, 6.07) is 36.0. The highest BCUT2D eigenvalue weighted by Crippen LogP contribution is 2.39. The van der Waals surface area contributed by atoms with Gasteiger partial charge in [0.05, 0.1) is 0 Å². The fraction of sp³-hybridized carbons (Fsp3) is 0.595. The number of hydrogen-bond acceptors (Lipinski definition) is 5. The van der Waals surface area contributed by atoms with Gasteiger partial charge in [-0.25, -0.2) is 14.8 Å². The summed E-state index contributed by atoms with van der Waals surface area (Å²) in [4.78, 5) is 31.1. The number of carbonyl (C=O) groups is 1. The van der Waals surface area contributed by atoms with Crippen LogP contribution in [0.3, 0.4) is 0 Å². The Morgan fingerprint density at radius 3 is 1.45 bits per heavy atom. The first kappa shape index (κ1) is 70.9. The van der Waals surface area contributed by atoms with E-state index in [2.05, 4.69) is 273 Å². The van der Waals surface area contributed by atoms with E-state index in [9.17, 15) is 4.79 Å². The number of amides is 2. The van der Waals surface area contributed by atoms with Crippen molar-refractivity contribution in [3.05, 3.63) is 162 Å². The average Bonchev–Trinajstić information content (AvgIpc) is 3.95. The molecule has 3 aromatic heterocycles. The minimum atomic E-state index is 0.0707. The molecule has 3 aliphatic rings. The zero-order valence-electron chi connectivity index (χ0n) is 55.9. The van der Waals surface area contributed by atoms with E-state index in [0.717, 1.165) is 50.3 Å². The number of fused-ring (bicyclic) bond motifs is 1. The van der Waals surface area contributed by atoms with Gasteiger partial charge >= 0.3 is 6.03 Å². The van der Waals surface area contributed by atoms with Crippen molar-refractivity contribution >= 4 is 16.9 Å². The number of rotatable bonds is 7. The number of carbonyl (C=O) groups excluding carboxylic acids is 1. The average molecular weight is 1120 g/mol. The second-order valence-corrected chi connectivity index (χ2v) is 31.0. The molecule has 0 spiro atoms. The fourth-order valence-electron chi connectivity index (χ4n) is 9.51. The Morgan fingerprint density at radius 2 is 1.04 bits per heavy atom. The van der Waals surface area contributed by atoms with Crippen molar-refractivity contribution < 1.29 is 4.79 Å². The molecule has 8 nitrogen and oxygen atoms in total. The van der Waals surface area contributed by atoms with Gasteiger partial charge in [0.15, 0.2) is 0 Å². The first-order valence-corrected chi connectivity index (χ1v) is 31.1. The number of aromatic amines is 1. The van der Waals surface area contributed by atoms with Gasteiger partial charge in [-0.05, 0) is 149 Å². The Kier molecular flexibility index (Phi) is 28.2. The monoisotopic (exact) mass is 1120 g/mol. The third-order valence-electron chi connectivity index (χ3n) is 14.8. The molecule has 2 aliphatic heterocycles. The van der Waals surface area contributed by atoms with Crippen LogP contribution in [0.1, 0.15) is 225 Å². The molecule has 2 N–H and O–H groups in total. The van der Waals surface area contributed by atoms with E-state index in [1.807, 2.05) is 29.6 Å². The Bertz CT molecular complexity index is 2500. The van der Waals surface area contributed by atoms with Gasteiger partial charge in [0.25, 0.3) is 0 Å². The number of nitrogens with one attached hydrogen (secondary N) is 2. The number of nitrogens with zero attached hydrogens (tertiary/aromatic N) is 5. The van der Waals surface area contributed by atoms with Crippen LogP contribution in [0.15, 0.2) is 134 Å². The predicted octanol–water partition coefficient (Wildman–Crippen LogP) is 19.6. The van der Waals surface area contributed by atoms with Gasteiger partial charge < -0.3 is 15.2 Å². The lowest BCUT2D eigenvalue weighted by Crippen LogP contribution is -2.33. The largest absolute Gasteiger partial charge is 0.361 e. The maximum Gasteiger partial charge on any atom is 0.317 e. The molecule has 454 valence electrons. The van der Waals surface area contributed by atoms with Crippen LogP contribution in [0.25, 0.3) is 10.9 Å². The summed E-state index contributed by atoms with van der Waals surface area (Å²) >= 11 is 0. The van der Waals surface area contributed by atoms with Crippen molar-refractivity contribution in [3.8, 4) is 0 Å². The molecule has 8 heteroatoms. The molecule has 1 aliphatic carbocycles. The van der Waals surface area contributed by atoms with Crippen molar-refractivity contribution in [2.75, 3.05) is 32.7 Å². The molecule has 5 heterocycles. The Labute approximate surface area is 502 Å². The summed E-state index contributed by atoms with van der Waals surface area (Å²) in [7, 11) is 0. The highest BCUT2D eigenvalue weighted by Gasteiger charge is 2.27. The third kappa shape index (κ3) is 30.8. The predicted molar refractivity (Wildman–Crippen MR) is 355 cm³/mol. The topological polar surface area (TPSA) is 90.0 Å². The van der Waals surface area contributed by atoms with Crippen LogP contribution in [0, 0.1) is 28.1 Å². The Hall–Kier alpha value is -5.34. The second kappa shape index (κ2) is 32.6. The van der Waals surface area contributed by atoms with E-state index in [1.54, 1.807) is 12.4 Å². The minimum Gasteiger partial charge on any atom is -0.361 e. The first-order valence-electron chi connectivity index (χ1n) is 31.1. The summed E-state index contributed by atoms with van der Waals surface area (Å²) in [6.45, 7) is 53.2. The molecule has 0 unspecified atom stereocenters. The van der Waals surface area contributed by atoms with Crippen LogP contribution < -0.4 is 5.32 Å². The standard InChI is InChI=1S/C18H29N.C12H15N.C10H14.C9H18N2O.C9H13N.C8H12N2.C8H16/c1-18(2,3)12-9-16-10-13-19(14-11-16)15-17-7-5-4-6-8-17;1-12(2,3)10-5-4-6-11-9(10)7-8-13-11;1-10(2,3)9-7-5-4-6-8-9;1-9(2,3)4-6-11-7-5-10-8(11)12;1-9(2,3)8-4-6-10-7-5-8;1-8(2,3)7-9-5-4-6-10-7;1-8(2,3)6-7-4-5-7/h4-8,16H,9-15H2,1-3H3;4-8,13H,1-3H3;4-8H,1-3H3;4-7H2,1-3H3,(H,10,12);4-7H,1-3H3;4-6H,1-3H3;7H,4-6H2,1-3H3. The van der Waals surface area contributed by atoms with E-state index in [4.69, 9.17) is 0 Å². The molecule has 3 aromatic carbocycles. The maximum absolute atomic E-state index is 11.1. The number of urea groups is 1. The lowest BCUT2D eigenvalue weighted by molar-refractivity contribution is 0.162. The Balaban J connectivity index is 0.000000255. The van der Waals surface area contributed by atoms with E-state index in [0.29, 0.717) is 21.7 Å². The molecule has 2 amide bonds. The van der Waals surface area contributed by atoms with Crippen molar-refractivity contribution in [3.63, 3.8) is 0 Å². The quantitative estimate of drug-likeness (QED) is 0.166. The minimum absolute atomic E-state index is 0.0707. The van der Waals surface area contributed by atoms with Gasteiger partial charge in [0.2, 0.25) is 0 Å². The molecule has 9 rings (SSSR count). The van der Waals surface area contributed by atoms with Gasteiger partial charge in [-0.1, -0.05) is 231 Å². The lowest BCUT2D eigenvalue weighted by Gasteiger charge is -2.33. The van der Waals surface area contributed by atoms with Gasteiger partial charge in [0, 0.05) is 73.5 Å². The number of aromatic nitrogens is 4. The van der Waals surface area contributed by atoms with Crippen molar-refractivity contribution in [1.82, 2.24) is 35.1 Å². The summed E-state index contributed by atoms with van der Waals surface area (Å²) in [5.41, 5.74) is 9.07. The number of likely N-dealkylation sites (tertiary alicyclic amines) is 1. The smallest absolute Gasteiger partial charge is 0.317 e. The van der Waals surface area contributed by atoms with Crippen LogP contribution in [-0.4, -0.2) is 68.5 Å². The number of pyridine rings is 1. The third-order valence-corrected chi connectivity index (χ3v) is 14.8. The van der Waals surface area contributed by atoms with Crippen molar-refractivity contribution in [2.45, 2.75) is 225 Å². The van der Waals surface area contributed by atoms with E-state index >= 15 is 0 Å². The molecule has 82 heavy (non-hydrogen) atoms. The summed E-state index contributed by atoms with van der Waals surface area (Å²) in [6.07, 6.45) is 20.3. The Morgan fingerprint density at radius 1 is 0.500 bits per heavy atom. The van der Waals surface area contributed by atoms with E-state index < -0.39 is 0 Å². The normalized spacial score (nSPS) is 15.2. The van der Waals surface area contributed by atoms with Gasteiger partial charge in [-0.2, -0.15) is 0 Å². The SMILES string of the molecule is CC(C)(C)CC1CC1.CC(C)(C)CCC1CCN(Cc2ccccc2)CC1.CC(C)(C)CCN1CCNC1=O.CC(C)(C)c1cccc2[nH]ccc12.CC(C)(C)c1ccccc1.CC(C)(C)c1ccncc1.CC(C)(C)c1ncccn1. The molecule has 0 radical (unpaired) electrons. The highest BCUT2D eigenvalue weighted by molar-refractivity contribution is 5.83. The number of piperidine rings is 1. The molecule has 0 bridgehead atoms.